The average Bonchev–Trinajstić information content (AvgIpc) is 3.20. The highest BCUT2D eigenvalue weighted by molar-refractivity contribution is 6.09. The van der Waals surface area contributed by atoms with E-state index in [0.29, 0.717) is 17.8 Å². The number of anilines is 1. The molecule has 0 aliphatic carbocycles. The number of nitrogens with zero attached hydrogens (tertiary/aromatic N) is 1. The molecule has 2 N–H and O–H groups in total. The van der Waals surface area contributed by atoms with Crippen LogP contribution in [0.2, 0.25) is 0 Å². The summed E-state index contributed by atoms with van der Waals surface area (Å²) in [4.78, 5) is 38.7. The van der Waals surface area contributed by atoms with E-state index in [-0.39, 0.29) is 30.0 Å². The van der Waals surface area contributed by atoms with Crippen LogP contribution in [0.15, 0.2) is 47.1 Å². The lowest BCUT2D eigenvalue weighted by Gasteiger charge is -2.24. The molecule has 0 aliphatic rings. The molecule has 1 aromatic carbocycles. The fraction of sp³-hybridized carbons (Fsp3) is 0.350. The Hall–Kier alpha value is -3.09. The summed E-state index contributed by atoms with van der Waals surface area (Å²) >= 11 is 0. The van der Waals surface area contributed by atoms with E-state index in [4.69, 9.17) is 4.42 Å². The third kappa shape index (κ3) is 4.75. The molecule has 0 saturated heterocycles. The maximum atomic E-state index is 12.7. The molecular weight excluding hydrogens is 346 g/mol. The van der Waals surface area contributed by atoms with Crippen molar-refractivity contribution in [1.82, 2.24) is 10.6 Å². The van der Waals surface area contributed by atoms with Crippen molar-refractivity contribution in [2.75, 3.05) is 25.0 Å². The molecule has 2 rings (SSSR count). The highest BCUT2D eigenvalue weighted by atomic mass is 16.3. The van der Waals surface area contributed by atoms with Gasteiger partial charge in [0, 0.05) is 20.1 Å². The van der Waals surface area contributed by atoms with Crippen molar-refractivity contribution in [3.05, 3.63) is 54.0 Å². The van der Waals surface area contributed by atoms with Gasteiger partial charge in [0.1, 0.15) is 0 Å². The minimum Gasteiger partial charge on any atom is -0.459 e. The van der Waals surface area contributed by atoms with Crippen molar-refractivity contribution in [2.45, 2.75) is 20.8 Å². The third-order valence-corrected chi connectivity index (χ3v) is 4.19. The van der Waals surface area contributed by atoms with Crippen LogP contribution in [0.3, 0.4) is 0 Å². The number of para-hydroxylation sites is 1. The summed E-state index contributed by atoms with van der Waals surface area (Å²) in [6, 6.07) is 9.98. The van der Waals surface area contributed by atoms with Gasteiger partial charge in [-0.05, 0) is 45.0 Å². The number of nitrogens with one attached hydrogen (secondary N) is 2. The molecule has 0 bridgehead atoms. The van der Waals surface area contributed by atoms with E-state index in [1.165, 1.54) is 11.2 Å². The second-order valence-corrected chi connectivity index (χ2v) is 6.78. The first-order chi connectivity index (χ1) is 12.8. The Kier molecular flexibility index (Phi) is 6.39. The highest BCUT2D eigenvalue weighted by Crippen LogP contribution is 2.22. The van der Waals surface area contributed by atoms with E-state index in [9.17, 15) is 14.4 Å². The van der Waals surface area contributed by atoms with Crippen LogP contribution in [0.25, 0.3) is 0 Å². The summed E-state index contributed by atoms with van der Waals surface area (Å²) in [6.45, 7) is 6.06. The molecular formula is C20H25N3O4. The lowest BCUT2D eigenvalue weighted by atomic mass is 9.92. The first-order valence-electron chi connectivity index (χ1n) is 8.75. The summed E-state index contributed by atoms with van der Waals surface area (Å²) < 4.78 is 5.14. The van der Waals surface area contributed by atoms with Gasteiger partial charge in [0.2, 0.25) is 5.91 Å². The van der Waals surface area contributed by atoms with E-state index in [2.05, 4.69) is 10.6 Å². The fourth-order valence-corrected chi connectivity index (χ4v) is 2.51. The Balaban J connectivity index is 2.16. The number of carbonyl (C=O) groups is 3. The standard InChI is InChI=1S/C20H25N3O4/c1-5-21-19(26)20(2,3)13-22-17(24)14-9-6-7-10-15(14)23(4)18(25)16-11-8-12-27-16/h6-12H,5,13H2,1-4H3,(H,21,26)(H,22,24). The largest absolute Gasteiger partial charge is 0.459 e. The average molecular weight is 371 g/mol. The zero-order valence-corrected chi connectivity index (χ0v) is 16.0. The molecule has 2 aromatic rings. The second kappa shape index (κ2) is 8.53. The normalized spacial score (nSPS) is 11.0. The van der Waals surface area contributed by atoms with Crippen LogP contribution in [0.4, 0.5) is 5.69 Å². The molecule has 0 aliphatic heterocycles. The highest BCUT2D eigenvalue weighted by Gasteiger charge is 2.28. The number of rotatable bonds is 7. The molecule has 27 heavy (non-hydrogen) atoms. The topological polar surface area (TPSA) is 91.7 Å². The van der Waals surface area contributed by atoms with Crippen LogP contribution in [0, 0.1) is 5.41 Å². The lowest BCUT2D eigenvalue weighted by Crippen LogP contribution is -2.45. The lowest BCUT2D eigenvalue weighted by molar-refractivity contribution is -0.128. The predicted octanol–water partition coefficient (Wildman–Crippen LogP) is 2.45. The van der Waals surface area contributed by atoms with E-state index in [1.807, 2.05) is 6.92 Å². The van der Waals surface area contributed by atoms with E-state index in [1.54, 1.807) is 57.3 Å². The van der Waals surface area contributed by atoms with Gasteiger partial charge in [0.25, 0.3) is 11.8 Å². The predicted molar refractivity (Wildman–Crippen MR) is 103 cm³/mol. The first-order valence-corrected chi connectivity index (χ1v) is 8.75. The Morgan fingerprint density at radius 3 is 2.41 bits per heavy atom. The van der Waals surface area contributed by atoms with Crippen molar-refractivity contribution in [2.24, 2.45) is 5.41 Å². The molecule has 3 amide bonds. The van der Waals surface area contributed by atoms with Crippen LogP contribution in [0.1, 0.15) is 41.7 Å². The monoisotopic (exact) mass is 371 g/mol. The maximum absolute atomic E-state index is 12.7. The van der Waals surface area contributed by atoms with Crippen molar-refractivity contribution in [3.8, 4) is 0 Å². The van der Waals surface area contributed by atoms with Gasteiger partial charge in [0.15, 0.2) is 5.76 Å². The summed E-state index contributed by atoms with van der Waals surface area (Å²) in [6.07, 6.45) is 1.42. The SMILES string of the molecule is CCNC(=O)C(C)(C)CNC(=O)c1ccccc1N(C)C(=O)c1ccco1. The van der Waals surface area contributed by atoms with Crippen molar-refractivity contribution >= 4 is 23.4 Å². The number of amides is 3. The molecule has 144 valence electrons. The molecule has 0 atom stereocenters. The van der Waals surface area contributed by atoms with Gasteiger partial charge >= 0.3 is 0 Å². The van der Waals surface area contributed by atoms with E-state index in [0.717, 1.165) is 0 Å². The van der Waals surface area contributed by atoms with Gasteiger partial charge in [-0.1, -0.05) is 12.1 Å². The van der Waals surface area contributed by atoms with Crippen molar-refractivity contribution in [3.63, 3.8) is 0 Å². The quantitative estimate of drug-likeness (QED) is 0.782. The number of hydrogen-bond acceptors (Lipinski definition) is 4. The second-order valence-electron chi connectivity index (χ2n) is 6.78. The molecule has 1 aromatic heterocycles. The van der Waals surface area contributed by atoms with Gasteiger partial charge in [-0.25, -0.2) is 0 Å². The van der Waals surface area contributed by atoms with Crippen LogP contribution >= 0.6 is 0 Å². The van der Waals surface area contributed by atoms with Crippen LogP contribution in [-0.2, 0) is 4.79 Å². The van der Waals surface area contributed by atoms with Gasteiger partial charge in [-0.3, -0.25) is 14.4 Å². The number of hydrogen-bond donors (Lipinski definition) is 2. The third-order valence-electron chi connectivity index (χ3n) is 4.19. The minimum atomic E-state index is -0.753. The summed E-state index contributed by atoms with van der Waals surface area (Å²) in [5.74, 6) is -0.668. The molecule has 0 radical (unpaired) electrons. The molecule has 7 heteroatoms. The summed E-state index contributed by atoms with van der Waals surface area (Å²) in [7, 11) is 1.58. The molecule has 0 saturated carbocycles. The molecule has 1 heterocycles. The Morgan fingerprint density at radius 2 is 1.78 bits per heavy atom. The summed E-state index contributed by atoms with van der Waals surface area (Å²) in [5.41, 5.74) is 0.0371. The molecule has 0 fully saturated rings. The van der Waals surface area contributed by atoms with Crippen molar-refractivity contribution < 1.29 is 18.8 Å². The van der Waals surface area contributed by atoms with Gasteiger partial charge in [0.05, 0.1) is 22.9 Å². The van der Waals surface area contributed by atoms with Crippen LogP contribution in [-0.4, -0.2) is 37.9 Å². The number of carbonyl (C=O) groups excluding carboxylic acids is 3. The van der Waals surface area contributed by atoms with E-state index >= 15 is 0 Å². The minimum absolute atomic E-state index is 0.135. The van der Waals surface area contributed by atoms with Crippen molar-refractivity contribution in [1.29, 1.82) is 0 Å². The van der Waals surface area contributed by atoms with Gasteiger partial charge in [-0.15, -0.1) is 0 Å². The van der Waals surface area contributed by atoms with Gasteiger partial charge in [-0.2, -0.15) is 0 Å². The molecule has 0 unspecified atom stereocenters. The Bertz CT molecular complexity index is 812. The fourth-order valence-electron chi connectivity index (χ4n) is 2.51. The Morgan fingerprint density at radius 1 is 1.07 bits per heavy atom. The molecule has 0 spiro atoms. The zero-order chi connectivity index (χ0) is 20.0. The Labute approximate surface area is 158 Å². The number of furan rings is 1. The summed E-state index contributed by atoms with van der Waals surface area (Å²) in [5, 5.41) is 5.54. The zero-order valence-electron chi connectivity index (χ0n) is 16.0. The van der Waals surface area contributed by atoms with Crippen LogP contribution in [0.5, 0.6) is 0 Å². The smallest absolute Gasteiger partial charge is 0.293 e. The maximum Gasteiger partial charge on any atom is 0.293 e. The first kappa shape index (κ1) is 20.2. The number of benzene rings is 1. The van der Waals surface area contributed by atoms with E-state index < -0.39 is 5.41 Å². The molecule has 7 nitrogen and oxygen atoms in total. The van der Waals surface area contributed by atoms with Crippen LogP contribution < -0.4 is 15.5 Å². The van der Waals surface area contributed by atoms with Gasteiger partial charge < -0.3 is 20.0 Å².